The van der Waals surface area contributed by atoms with Crippen LogP contribution in [0.3, 0.4) is 0 Å². The fourth-order valence-electron chi connectivity index (χ4n) is 2.37. The number of anilines is 1. The van der Waals surface area contributed by atoms with Crippen molar-refractivity contribution in [2.45, 2.75) is 38.1 Å². The lowest BCUT2D eigenvalue weighted by Gasteiger charge is -2.22. The molecule has 0 radical (unpaired) electrons. The number of carbonyl (C=O) groups excluding carboxylic acids is 1. The quantitative estimate of drug-likeness (QED) is 0.886. The highest BCUT2D eigenvalue weighted by Gasteiger charge is 2.14. The molecule has 1 amide bonds. The first-order valence-electron chi connectivity index (χ1n) is 6.63. The van der Waals surface area contributed by atoms with E-state index in [1.54, 1.807) is 18.2 Å². The molecule has 0 atom stereocenters. The summed E-state index contributed by atoms with van der Waals surface area (Å²) in [7, 11) is 0. The summed E-state index contributed by atoms with van der Waals surface area (Å²) in [5.74, 6) is -0.0658. The molecule has 2 rings (SSSR count). The molecule has 3 nitrogen and oxygen atoms in total. The van der Waals surface area contributed by atoms with E-state index in [-0.39, 0.29) is 5.91 Å². The predicted octanol–water partition coefficient (Wildman–Crippen LogP) is 3.85. The summed E-state index contributed by atoms with van der Waals surface area (Å²) >= 11 is 11.8. The molecular formula is C14H18Cl2N2O. The smallest absolute Gasteiger partial charge is 0.238 e. The largest absolute Gasteiger partial charge is 0.325 e. The Balaban J connectivity index is 1.80. The van der Waals surface area contributed by atoms with Gasteiger partial charge < -0.3 is 10.6 Å². The molecule has 104 valence electrons. The number of benzene rings is 1. The molecule has 0 aliphatic heterocycles. The first kappa shape index (κ1) is 14.6. The van der Waals surface area contributed by atoms with Crippen LogP contribution in [0.5, 0.6) is 0 Å². The molecule has 5 heteroatoms. The average molecular weight is 301 g/mol. The number of carbonyl (C=O) groups is 1. The highest BCUT2D eigenvalue weighted by Crippen LogP contribution is 2.22. The van der Waals surface area contributed by atoms with Gasteiger partial charge in [0.05, 0.1) is 6.54 Å². The van der Waals surface area contributed by atoms with Gasteiger partial charge in [0.25, 0.3) is 0 Å². The normalized spacial score (nSPS) is 16.3. The van der Waals surface area contributed by atoms with Crippen LogP contribution < -0.4 is 10.6 Å². The van der Waals surface area contributed by atoms with E-state index in [0.29, 0.717) is 28.3 Å². The summed E-state index contributed by atoms with van der Waals surface area (Å²) in [6.45, 7) is 0.328. The van der Waals surface area contributed by atoms with Crippen LogP contribution in [0.4, 0.5) is 5.69 Å². The van der Waals surface area contributed by atoms with Crippen molar-refractivity contribution in [3.8, 4) is 0 Å². The van der Waals surface area contributed by atoms with E-state index in [9.17, 15) is 4.79 Å². The van der Waals surface area contributed by atoms with E-state index in [0.717, 1.165) is 12.8 Å². The zero-order valence-electron chi connectivity index (χ0n) is 10.7. The second-order valence-electron chi connectivity index (χ2n) is 4.92. The minimum atomic E-state index is -0.0658. The van der Waals surface area contributed by atoms with Crippen LogP contribution in [0.25, 0.3) is 0 Å². The van der Waals surface area contributed by atoms with Gasteiger partial charge in [0.15, 0.2) is 0 Å². The van der Waals surface area contributed by atoms with Gasteiger partial charge in [-0.2, -0.15) is 0 Å². The summed E-state index contributed by atoms with van der Waals surface area (Å²) in [6.07, 6.45) is 6.14. The Labute approximate surface area is 123 Å². The zero-order chi connectivity index (χ0) is 13.7. The van der Waals surface area contributed by atoms with Gasteiger partial charge in [0.2, 0.25) is 5.91 Å². The molecule has 0 saturated heterocycles. The maximum absolute atomic E-state index is 11.8. The van der Waals surface area contributed by atoms with Crippen molar-refractivity contribution in [2.75, 3.05) is 11.9 Å². The van der Waals surface area contributed by atoms with Gasteiger partial charge in [-0.1, -0.05) is 42.5 Å². The van der Waals surface area contributed by atoms with Crippen LogP contribution in [0.15, 0.2) is 18.2 Å². The van der Waals surface area contributed by atoms with Crippen molar-refractivity contribution < 1.29 is 4.79 Å². The van der Waals surface area contributed by atoms with E-state index < -0.39 is 0 Å². The third kappa shape index (κ3) is 5.01. The van der Waals surface area contributed by atoms with Gasteiger partial charge >= 0.3 is 0 Å². The van der Waals surface area contributed by atoms with E-state index in [1.807, 2.05) is 0 Å². The van der Waals surface area contributed by atoms with Gasteiger partial charge in [-0.15, -0.1) is 0 Å². The van der Waals surface area contributed by atoms with E-state index in [1.165, 1.54) is 19.3 Å². The molecule has 2 N–H and O–H groups in total. The molecule has 1 saturated carbocycles. The molecule has 1 aliphatic carbocycles. The van der Waals surface area contributed by atoms with Crippen molar-refractivity contribution in [3.63, 3.8) is 0 Å². The monoisotopic (exact) mass is 300 g/mol. The van der Waals surface area contributed by atoms with Crippen molar-refractivity contribution in [2.24, 2.45) is 0 Å². The number of nitrogens with one attached hydrogen (secondary N) is 2. The first-order valence-corrected chi connectivity index (χ1v) is 7.38. The fourth-order valence-corrected chi connectivity index (χ4v) is 2.90. The lowest BCUT2D eigenvalue weighted by molar-refractivity contribution is -0.115. The average Bonchev–Trinajstić information content (AvgIpc) is 2.36. The van der Waals surface area contributed by atoms with Crippen LogP contribution in [-0.2, 0) is 4.79 Å². The van der Waals surface area contributed by atoms with E-state index >= 15 is 0 Å². The number of hydrogen-bond acceptors (Lipinski definition) is 2. The second kappa shape index (κ2) is 7.13. The number of amides is 1. The summed E-state index contributed by atoms with van der Waals surface area (Å²) < 4.78 is 0. The Hall–Kier alpha value is -0.770. The molecule has 0 heterocycles. The maximum Gasteiger partial charge on any atom is 0.238 e. The summed E-state index contributed by atoms with van der Waals surface area (Å²) in [5, 5.41) is 7.12. The number of hydrogen-bond donors (Lipinski definition) is 2. The molecule has 0 unspecified atom stereocenters. The summed E-state index contributed by atoms with van der Waals surface area (Å²) in [4.78, 5) is 11.8. The van der Waals surface area contributed by atoms with Gasteiger partial charge in [-0.3, -0.25) is 4.79 Å². The van der Waals surface area contributed by atoms with Gasteiger partial charge in [-0.05, 0) is 31.0 Å². The van der Waals surface area contributed by atoms with E-state index in [2.05, 4.69) is 10.6 Å². The standard InChI is InChI=1S/C14H18Cl2N2O/c15-10-6-11(16)8-13(7-10)18-14(19)9-17-12-4-2-1-3-5-12/h6-8,12,17H,1-5,9H2,(H,18,19). The molecule has 0 bridgehead atoms. The number of halogens is 2. The predicted molar refractivity (Wildman–Crippen MR) is 80.0 cm³/mol. The van der Waals surface area contributed by atoms with Crippen LogP contribution in [0, 0.1) is 0 Å². The zero-order valence-corrected chi connectivity index (χ0v) is 12.2. The topological polar surface area (TPSA) is 41.1 Å². The van der Waals surface area contributed by atoms with Gasteiger partial charge in [-0.25, -0.2) is 0 Å². The first-order chi connectivity index (χ1) is 9.13. The Morgan fingerprint density at radius 2 is 1.74 bits per heavy atom. The molecule has 1 aromatic rings. The van der Waals surface area contributed by atoms with Crippen LogP contribution >= 0.6 is 23.2 Å². The molecule has 19 heavy (non-hydrogen) atoms. The van der Waals surface area contributed by atoms with Crippen molar-refractivity contribution in [1.29, 1.82) is 0 Å². The third-order valence-corrected chi connectivity index (χ3v) is 3.74. The molecule has 0 aromatic heterocycles. The Morgan fingerprint density at radius 3 is 2.37 bits per heavy atom. The Morgan fingerprint density at radius 1 is 1.11 bits per heavy atom. The highest BCUT2D eigenvalue weighted by molar-refractivity contribution is 6.35. The highest BCUT2D eigenvalue weighted by atomic mass is 35.5. The fraction of sp³-hybridized carbons (Fsp3) is 0.500. The maximum atomic E-state index is 11.8. The Bertz CT molecular complexity index is 425. The van der Waals surface area contributed by atoms with E-state index in [4.69, 9.17) is 23.2 Å². The lowest BCUT2D eigenvalue weighted by atomic mass is 9.95. The minimum Gasteiger partial charge on any atom is -0.325 e. The molecule has 1 fully saturated rings. The third-order valence-electron chi connectivity index (χ3n) is 3.30. The van der Waals surface area contributed by atoms with Crippen molar-refractivity contribution >= 4 is 34.8 Å². The van der Waals surface area contributed by atoms with Crippen LogP contribution in [-0.4, -0.2) is 18.5 Å². The SMILES string of the molecule is O=C(CNC1CCCCC1)Nc1cc(Cl)cc(Cl)c1. The second-order valence-corrected chi connectivity index (χ2v) is 5.80. The number of rotatable bonds is 4. The molecule has 1 aliphatic rings. The van der Waals surface area contributed by atoms with Gasteiger partial charge in [0, 0.05) is 21.8 Å². The van der Waals surface area contributed by atoms with Crippen LogP contribution in [0.2, 0.25) is 10.0 Å². The minimum absolute atomic E-state index is 0.0658. The van der Waals surface area contributed by atoms with Crippen molar-refractivity contribution in [1.82, 2.24) is 5.32 Å². The Kier molecular flexibility index (Phi) is 5.49. The van der Waals surface area contributed by atoms with Crippen molar-refractivity contribution in [3.05, 3.63) is 28.2 Å². The van der Waals surface area contributed by atoms with Crippen LogP contribution in [0.1, 0.15) is 32.1 Å². The molecule has 0 spiro atoms. The molecular weight excluding hydrogens is 283 g/mol. The summed E-state index contributed by atoms with van der Waals surface area (Å²) in [6, 6.07) is 5.49. The van der Waals surface area contributed by atoms with Gasteiger partial charge in [0.1, 0.15) is 0 Å². The summed E-state index contributed by atoms with van der Waals surface area (Å²) in [5.41, 5.74) is 0.632. The lowest BCUT2D eigenvalue weighted by Crippen LogP contribution is -2.37. The molecule has 1 aromatic carbocycles.